The molecular formula is C27H33N7O3S. The molecule has 2 fully saturated rings. The molecule has 3 aromatic heterocycles. The van der Waals surface area contributed by atoms with Gasteiger partial charge in [0, 0.05) is 17.8 Å². The number of rotatable bonds is 9. The number of fused-ring (bicyclic) bond motifs is 1. The lowest BCUT2D eigenvalue weighted by Crippen LogP contribution is -2.29. The van der Waals surface area contributed by atoms with Crippen LogP contribution in [0.1, 0.15) is 44.9 Å². The predicted molar refractivity (Wildman–Crippen MR) is 146 cm³/mol. The smallest absolute Gasteiger partial charge is 0.256 e. The molecule has 4 heterocycles. The van der Waals surface area contributed by atoms with Gasteiger partial charge >= 0.3 is 0 Å². The molecule has 0 radical (unpaired) electrons. The van der Waals surface area contributed by atoms with Gasteiger partial charge in [0.25, 0.3) is 10.0 Å². The number of benzene rings is 1. The number of likely N-dealkylation sites (tertiary alicyclic amines) is 1. The van der Waals surface area contributed by atoms with Crippen molar-refractivity contribution in [2.24, 2.45) is 0 Å². The van der Waals surface area contributed by atoms with Crippen molar-refractivity contribution in [3.05, 3.63) is 54.9 Å². The lowest BCUT2D eigenvalue weighted by molar-refractivity contribution is 0.238. The predicted octanol–water partition coefficient (Wildman–Crippen LogP) is 4.32. The van der Waals surface area contributed by atoms with Crippen molar-refractivity contribution in [1.82, 2.24) is 28.7 Å². The molecule has 1 aliphatic carbocycles. The average molecular weight is 536 g/mol. The Balaban J connectivity index is 1.15. The lowest BCUT2D eigenvalue weighted by atomic mass is 10.0. The monoisotopic (exact) mass is 535 g/mol. The highest BCUT2D eigenvalue weighted by molar-refractivity contribution is 7.90. The lowest BCUT2D eigenvalue weighted by Gasteiger charge is -2.21. The molecule has 0 unspecified atom stereocenters. The number of aromatic nitrogens is 5. The van der Waals surface area contributed by atoms with E-state index in [2.05, 4.69) is 25.4 Å². The molecule has 1 aliphatic heterocycles. The number of hydrogen-bond acceptors (Lipinski definition) is 8. The van der Waals surface area contributed by atoms with E-state index >= 15 is 0 Å². The van der Waals surface area contributed by atoms with E-state index in [1.807, 2.05) is 42.5 Å². The van der Waals surface area contributed by atoms with Gasteiger partial charge in [0.1, 0.15) is 12.4 Å². The Hall–Kier alpha value is -3.44. The van der Waals surface area contributed by atoms with E-state index in [9.17, 15) is 8.42 Å². The van der Waals surface area contributed by atoms with Crippen LogP contribution in [0.4, 0.5) is 11.6 Å². The number of ether oxygens (including phenoxy) is 1. The van der Waals surface area contributed by atoms with Crippen molar-refractivity contribution in [1.29, 1.82) is 0 Å². The van der Waals surface area contributed by atoms with Crippen LogP contribution in [0, 0.1) is 0 Å². The third-order valence-electron chi connectivity index (χ3n) is 7.44. The van der Waals surface area contributed by atoms with Crippen molar-refractivity contribution in [3.63, 3.8) is 0 Å². The Morgan fingerprint density at radius 2 is 1.76 bits per heavy atom. The number of nitrogens with zero attached hydrogens (tertiary/aromatic N) is 6. The summed E-state index contributed by atoms with van der Waals surface area (Å²) in [6.07, 6.45) is 10.1. The zero-order valence-corrected chi connectivity index (χ0v) is 22.2. The van der Waals surface area contributed by atoms with Crippen LogP contribution >= 0.6 is 0 Å². The molecule has 200 valence electrons. The van der Waals surface area contributed by atoms with Crippen molar-refractivity contribution in [2.75, 3.05) is 31.6 Å². The van der Waals surface area contributed by atoms with Crippen LogP contribution in [0.25, 0.3) is 16.9 Å². The minimum atomic E-state index is -3.52. The van der Waals surface area contributed by atoms with Gasteiger partial charge in [-0.1, -0.05) is 25.3 Å². The van der Waals surface area contributed by atoms with Crippen LogP contribution in [0.15, 0.2) is 54.9 Å². The molecule has 6 rings (SSSR count). The average Bonchev–Trinajstić information content (AvgIpc) is 3.71. The minimum Gasteiger partial charge on any atom is -0.492 e. The van der Waals surface area contributed by atoms with Gasteiger partial charge in [-0.2, -0.15) is 14.2 Å². The van der Waals surface area contributed by atoms with Crippen LogP contribution in [0.5, 0.6) is 5.75 Å². The zero-order valence-electron chi connectivity index (χ0n) is 21.4. The van der Waals surface area contributed by atoms with Crippen LogP contribution in [-0.2, 0) is 10.0 Å². The SMILES string of the molecule is O=S(=O)(C1CCCCC1)n1cc(-c2cccc3nc(Nc4ccc(OCCN5CCCC5)cc4)nn23)cn1. The first-order valence-electron chi connectivity index (χ1n) is 13.4. The normalized spacial score (nSPS) is 17.3. The maximum atomic E-state index is 13.1. The van der Waals surface area contributed by atoms with Crippen LogP contribution < -0.4 is 10.1 Å². The topological polar surface area (TPSA) is 107 Å². The fourth-order valence-corrected chi connectivity index (χ4v) is 7.00. The van der Waals surface area contributed by atoms with Crippen LogP contribution in [0.3, 0.4) is 0 Å². The molecule has 0 bridgehead atoms. The Labute approximate surface area is 222 Å². The van der Waals surface area contributed by atoms with Gasteiger partial charge < -0.3 is 10.1 Å². The highest BCUT2D eigenvalue weighted by Gasteiger charge is 2.29. The van der Waals surface area contributed by atoms with E-state index in [1.165, 1.54) is 25.9 Å². The Kier molecular flexibility index (Phi) is 7.03. The summed E-state index contributed by atoms with van der Waals surface area (Å²) in [4.78, 5) is 7.03. The third kappa shape index (κ3) is 5.25. The van der Waals surface area contributed by atoms with E-state index in [4.69, 9.17) is 4.74 Å². The second-order valence-electron chi connectivity index (χ2n) is 10.1. The number of hydrogen-bond donors (Lipinski definition) is 1. The summed E-state index contributed by atoms with van der Waals surface area (Å²) in [5.74, 6) is 1.28. The summed E-state index contributed by atoms with van der Waals surface area (Å²) in [5.41, 5.74) is 2.88. The van der Waals surface area contributed by atoms with E-state index in [0.717, 1.165) is 47.0 Å². The molecule has 1 N–H and O–H groups in total. The quantitative estimate of drug-likeness (QED) is 0.338. The number of nitrogens with one attached hydrogen (secondary N) is 1. The van der Waals surface area contributed by atoms with Gasteiger partial charge in [-0.05, 0) is 75.2 Å². The fraction of sp³-hybridized carbons (Fsp3) is 0.444. The van der Waals surface area contributed by atoms with E-state index in [1.54, 1.807) is 16.9 Å². The molecular weight excluding hydrogens is 502 g/mol. The maximum Gasteiger partial charge on any atom is 0.256 e. The van der Waals surface area contributed by atoms with E-state index in [0.29, 0.717) is 36.6 Å². The summed E-state index contributed by atoms with van der Waals surface area (Å²) in [7, 11) is -3.52. The van der Waals surface area contributed by atoms with Crippen LogP contribution in [0.2, 0.25) is 0 Å². The van der Waals surface area contributed by atoms with Crippen molar-refractivity contribution >= 4 is 27.3 Å². The highest BCUT2D eigenvalue weighted by Crippen LogP contribution is 2.27. The summed E-state index contributed by atoms with van der Waals surface area (Å²) in [6, 6.07) is 13.4. The first-order chi connectivity index (χ1) is 18.6. The van der Waals surface area contributed by atoms with Gasteiger partial charge in [0.2, 0.25) is 5.95 Å². The molecule has 0 amide bonds. The minimum absolute atomic E-state index is 0.371. The van der Waals surface area contributed by atoms with Crippen molar-refractivity contribution < 1.29 is 13.2 Å². The second-order valence-corrected chi connectivity index (χ2v) is 12.1. The van der Waals surface area contributed by atoms with Crippen molar-refractivity contribution in [2.45, 2.75) is 50.2 Å². The van der Waals surface area contributed by atoms with Gasteiger partial charge in [-0.25, -0.2) is 12.9 Å². The van der Waals surface area contributed by atoms with Gasteiger partial charge in [-0.3, -0.25) is 4.90 Å². The fourth-order valence-electron chi connectivity index (χ4n) is 5.33. The third-order valence-corrected chi connectivity index (χ3v) is 9.47. The molecule has 38 heavy (non-hydrogen) atoms. The van der Waals surface area contributed by atoms with Gasteiger partial charge in [0.15, 0.2) is 5.65 Å². The second kappa shape index (κ2) is 10.7. The standard InChI is InChI=1S/C27H33N7O3S/c35-38(36,24-7-2-1-3-8-24)33-20-21(19-28-33)25-9-6-10-26-30-27(31-34(25)26)29-22-11-13-23(14-12-22)37-18-17-32-15-4-5-16-32/h6,9-14,19-20,24H,1-5,7-8,15-18H2,(H,29,31). The summed E-state index contributed by atoms with van der Waals surface area (Å²) < 4.78 is 34.9. The maximum absolute atomic E-state index is 13.1. The van der Waals surface area contributed by atoms with Crippen LogP contribution in [-0.4, -0.2) is 68.6 Å². The first kappa shape index (κ1) is 24.9. The molecule has 2 aliphatic rings. The van der Waals surface area contributed by atoms with Crippen molar-refractivity contribution in [3.8, 4) is 17.0 Å². The summed E-state index contributed by atoms with van der Waals surface area (Å²) >= 11 is 0. The van der Waals surface area contributed by atoms with E-state index < -0.39 is 10.0 Å². The summed E-state index contributed by atoms with van der Waals surface area (Å²) in [5, 5.41) is 11.7. The first-order valence-corrected chi connectivity index (χ1v) is 14.9. The van der Waals surface area contributed by atoms with Gasteiger partial charge in [0.05, 0.1) is 23.3 Å². The molecule has 0 atom stereocenters. The Morgan fingerprint density at radius 3 is 2.55 bits per heavy atom. The zero-order chi connectivity index (χ0) is 26.0. The Bertz CT molecular complexity index is 1480. The molecule has 1 saturated heterocycles. The number of pyridine rings is 1. The Morgan fingerprint density at radius 1 is 0.974 bits per heavy atom. The van der Waals surface area contributed by atoms with E-state index in [-0.39, 0.29) is 5.25 Å². The molecule has 4 aromatic rings. The molecule has 1 aromatic carbocycles. The summed E-state index contributed by atoms with van der Waals surface area (Å²) in [6.45, 7) is 3.98. The highest BCUT2D eigenvalue weighted by atomic mass is 32.2. The largest absolute Gasteiger partial charge is 0.492 e. The number of anilines is 2. The molecule has 0 spiro atoms. The molecule has 11 heteroatoms. The van der Waals surface area contributed by atoms with Gasteiger partial charge in [-0.15, -0.1) is 5.10 Å². The molecule has 1 saturated carbocycles. The molecule has 10 nitrogen and oxygen atoms in total.